The molecule has 0 atom stereocenters. The molecular formula is C10H12O5S. The van der Waals surface area contributed by atoms with Gasteiger partial charge in [0.2, 0.25) is 0 Å². The smallest absolute Gasteiger partial charge is 0.315 e. The lowest BCUT2D eigenvalue weighted by molar-refractivity contribution is -0.133. The molecule has 1 aromatic rings. The van der Waals surface area contributed by atoms with Crippen molar-refractivity contribution in [1.82, 2.24) is 0 Å². The molecule has 1 rings (SSSR count). The molecular weight excluding hydrogens is 232 g/mol. The molecule has 16 heavy (non-hydrogen) atoms. The maximum atomic E-state index is 10.9. The number of benzene rings is 1. The molecule has 0 bridgehead atoms. The Hall–Kier alpha value is -1.50. The maximum absolute atomic E-state index is 10.9. The minimum atomic E-state index is -2.61. The van der Waals surface area contributed by atoms with Crippen molar-refractivity contribution in [3.05, 3.63) is 43.0 Å². The number of carbonyl (C=O) groups is 1. The van der Waals surface area contributed by atoms with Crippen molar-refractivity contribution >= 4 is 17.3 Å². The Morgan fingerprint density at radius 2 is 1.88 bits per heavy atom. The second kappa shape index (κ2) is 8.78. The maximum Gasteiger partial charge on any atom is 0.315 e. The summed E-state index contributed by atoms with van der Waals surface area (Å²) in [6, 6.07) is 8.97. The van der Waals surface area contributed by atoms with Crippen LogP contribution in [0.15, 0.2) is 43.0 Å². The number of rotatable bonds is 3. The first-order chi connectivity index (χ1) is 7.56. The number of hydrogen-bond donors (Lipinski definition) is 2. The first-order valence-electron chi connectivity index (χ1n) is 4.22. The molecule has 1 aromatic carbocycles. The van der Waals surface area contributed by atoms with Gasteiger partial charge in [0.15, 0.2) is 0 Å². The molecule has 0 aliphatic rings. The summed E-state index contributed by atoms with van der Waals surface area (Å²) >= 11 is -2.61. The van der Waals surface area contributed by atoms with Gasteiger partial charge in [-0.3, -0.25) is 13.9 Å². The SMILES string of the molecule is C=CCC(=O)Oc1ccccc1.O=S(O)O. The fourth-order valence-corrected chi connectivity index (χ4v) is 0.780. The van der Waals surface area contributed by atoms with E-state index in [9.17, 15) is 4.79 Å². The fraction of sp³-hybridized carbons (Fsp3) is 0.100. The molecule has 88 valence electrons. The van der Waals surface area contributed by atoms with Crippen LogP contribution in [0.5, 0.6) is 5.75 Å². The van der Waals surface area contributed by atoms with E-state index < -0.39 is 11.4 Å². The van der Waals surface area contributed by atoms with Crippen LogP contribution in [-0.4, -0.2) is 19.3 Å². The molecule has 0 saturated heterocycles. The molecule has 0 spiro atoms. The molecule has 5 nitrogen and oxygen atoms in total. The Morgan fingerprint density at radius 3 is 2.31 bits per heavy atom. The van der Waals surface area contributed by atoms with Gasteiger partial charge in [0.05, 0.1) is 6.42 Å². The normalized spacial score (nSPS) is 8.94. The van der Waals surface area contributed by atoms with Crippen LogP contribution in [-0.2, 0) is 16.2 Å². The molecule has 0 radical (unpaired) electrons. The van der Waals surface area contributed by atoms with Gasteiger partial charge in [-0.25, -0.2) is 0 Å². The predicted molar refractivity (Wildman–Crippen MR) is 60.3 cm³/mol. The third-order valence-corrected chi connectivity index (χ3v) is 1.29. The quantitative estimate of drug-likeness (QED) is 0.367. The van der Waals surface area contributed by atoms with E-state index >= 15 is 0 Å². The molecule has 0 aromatic heterocycles. The lowest BCUT2D eigenvalue weighted by atomic mass is 10.3. The summed E-state index contributed by atoms with van der Waals surface area (Å²) in [4.78, 5) is 10.9. The molecule has 0 fully saturated rings. The van der Waals surface area contributed by atoms with Crippen LogP contribution >= 0.6 is 0 Å². The van der Waals surface area contributed by atoms with E-state index in [0.29, 0.717) is 5.75 Å². The molecule has 2 N–H and O–H groups in total. The number of ether oxygens (including phenoxy) is 1. The second-order valence-electron chi connectivity index (χ2n) is 2.51. The summed E-state index contributed by atoms with van der Waals surface area (Å²) in [6.45, 7) is 3.44. The highest BCUT2D eigenvalue weighted by atomic mass is 32.2. The van der Waals surface area contributed by atoms with Gasteiger partial charge in [0, 0.05) is 0 Å². The number of hydrogen-bond acceptors (Lipinski definition) is 3. The minimum absolute atomic E-state index is 0.245. The first-order valence-corrected chi connectivity index (χ1v) is 5.29. The number of esters is 1. The Balaban J connectivity index is 0.000000487. The summed E-state index contributed by atoms with van der Waals surface area (Å²) in [6.07, 6.45) is 1.76. The van der Waals surface area contributed by atoms with Crippen LogP contribution in [0.4, 0.5) is 0 Å². The van der Waals surface area contributed by atoms with Gasteiger partial charge in [-0.05, 0) is 12.1 Å². The summed E-state index contributed by atoms with van der Waals surface area (Å²) in [5.74, 6) is 0.292. The van der Waals surface area contributed by atoms with E-state index in [0.717, 1.165) is 0 Å². The van der Waals surface area contributed by atoms with Crippen molar-refractivity contribution in [2.45, 2.75) is 6.42 Å². The largest absolute Gasteiger partial charge is 0.426 e. The van der Waals surface area contributed by atoms with Crippen LogP contribution < -0.4 is 4.74 Å². The number of carbonyl (C=O) groups excluding carboxylic acids is 1. The van der Waals surface area contributed by atoms with Crippen LogP contribution in [0.1, 0.15) is 6.42 Å². The Labute approximate surface area is 95.9 Å². The average Bonchev–Trinajstić information content (AvgIpc) is 2.18. The van der Waals surface area contributed by atoms with Crippen LogP contribution in [0, 0.1) is 0 Å². The van der Waals surface area contributed by atoms with Gasteiger partial charge < -0.3 is 4.74 Å². The minimum Gasteiger partial charge on any atom is -0.426 e. The van der Waals surface area contributed by atoms with Crippen LogP contribution in [0.25, 0.3) is 0 Å². The van der Waals surface area contributed by atoms with Gasteiger partial charge in [0.25, 0.3) is 11.4 Å². The predicted octanol–water partition coefficient (Wildman–Crippen LogP) is 1.85. The zero-order chi connectivity index (χ0) is 12.4. The van der Waals surface area contributed by atoms with Gasteiger partial charge >= 0.3 is 5.97 Å². The summed E-state index contributed by atoms with van der Waals surface area (Å²) < 4.78 is 27.8. The molecule has 6 heteroatoms. The van der Waals surface area contributed by atoms with Gasteiger partial charge in [0.1, 0.15) is 5.75 Å². The lowest BCUT2D eigenvalue weighted by Crippen LogP contribution is -2.05. The van der Waals surface area contributed by atoms with E-state index in [4.69, 9.17) is 18.1 Å². The zero-order valence-electron chi connectivity index (χ0n) is 8.41. The Kier molecular flexibility index (Phi) is 7.96. The molecule has 0 aliphatic heterocycles. The third-order valence-electron chi connectivity index (χ3n) is 1.29. The average molecular weight is 244 g/mol. The standard InChI is InChI=1S/C10H10O2.H2O3S/c1-2-6-10(11)12-9-7-4-3-5-8-9;1-4(2)3/h2-5,7-8H,1,6H2;(H2,1,2,3). The van der Waals surface area contributed by atoms with Crippen molar-refractivity contribution in [1.29, 1.82) is 0 Å². The second-order valence-corrected chi connectivity index (χ2v) is 2.97. The third kappa shape index (κ3) is 9.07. The summed E-state index contributed by atoms with van der Waals surface area (Å²) in [5.41, 5.74) is 0. The Morgan fingerprint density at radius 1 is 1.38 bits per heavy atom. The van der Waals surface area contributed by atoms with E-state index in [2.05, 4.69) is 6.58 Å². The van der Waals surface area contributed by atoms with Crippen molar-refractivity contribution < 1.29 is 22.8 Å². The lowest BCUT2D eigenvalue weighted by Gasteiger charge is -2.00. The monoisotopic (exact) mass is 244 g/mol. The van der Waals surface area contributed by atoms with E-state index in [1.165, 1.54) is 6.08 Å². The molecule has 0 amide bonds. The highest BCUT2D eigenvalue weighted by Crippen LogP contribution is 2.08. The molecule has 0 saturated carbocycles. The first kappa shape index (κ1) is 14.5. The van der Waals surface area contributed by atoms with E-state index in [-0.39, 0.29) is 12.4 Å². The van der Waals surface area contributed by atoms with Crippen molar-refractivity contribution in [3.8, 4) is 5.75 Å². The van der Waals surface area contributed by atoms with Gasteiger partial charge in [-0.15, -0.1) is 6.58 Å². The topological polar surface area (TPSA) is 83.8 Å². The highest BCUT2D eigenvalue weighted by Gasteiger charge is 1.99. The van der Waals surface area contributed by atoms with E-state index in [1.54, 1.807) is 12.1 Å². The van der Waals surface area contributed by atoms with Crippen LogP contribution in [0.2, 0.25) is 0 Å². The van der Waals surface area contributed by atoms with Crippen molar-refractivity contribution in [2.24, 2.45) is 0 Å². The summed E-state index contributed by atoms with van der Waals surface area (Å²) in [5, 5.41) is 0. The van der Waals surface area contributed by atoms with Crippen molar-refractivity contribution in [3.63, 3.8) is 0 Å². The number of para-hydroxylation sites is 1. The van der Waals surface area contributed by atoms with Gasteiger partial charge in [-0.2, -0.15) is 4.21 Å². The molecule has 0 aliphatic carbocycles. The Bertz CT molecular complexity index is 345. The van der Waals surface area contributed by atoms with Crippen LogP contribution in [0.3, 0.4) is 0 Å². The van der Waals surface area contributed by atoms with Crippen molar-refractivity contribution in [2.75, 3.05) is 0 Å². The fourth-order valence-electron chi connectivity index (χ4n) is 0.780. The molecule has 0 unspecified atom stereocenters. The summed E-state index contributed by atoms with van der Waals surface area (Å²) in [7, 11) is 0. The highest BCUT2D eigenvalue weighted by molar-refractivity contribution is 7.73. The zero-order valence-corrected chi connectivity index (χ0v) is 9.22. The van der Waals surface area contributed by atoms with E-state index in [1.807, 2.05) is 18.2 Å². The van der Waals surface area contributed by atoms with Gasteiger partial charge in [-0.1, -0.05) is 24.3 Å². The molecule has 0 heterocycles.